The number of fused-ring (bicyclic) bond motifs is 1. The summed E-state index contributed by atoms with van der Waals surface area (Å²) in [6.45, 7) is 5.25. The molecule has 0 aliphatic carbocycles. The number of amides is 1. The lowest BCUT2D eigenvalue weighted by molar-refractivity contribution is 0.0634. The Morgan fingerprint density at radius 2 is 1.76 bits per heavy atom. The average Bonchev–Trinajstić information content (AvgIpc) is 2.88. The molecule has 3 N–H and O–H groups in total. The van der Waals surface area contributed by atoms with Crippen LogP contribution in [-0.2, 0) is 4.74 Å². The van der Waals surface area contributed by atoms with Gasteiger partial charge < -0.3 is 14.3 Å². The Hall–Kier alpha value is -2.40. The number of aromatic hydroxyl groups is 1. The standard InChI is InChI=1S/C10H13BrN2O3.C6H3BrN2O2.2CH4/c1-10(2,3)16-9(15)13-8-7(14)4-6(11)5-12-8;7-3-1-4-5(8-2-3)9-6(10)11-4;;/h4-5,14H,1-3H3,(H,12,13,15);1-2H,(H,8,9,10);2*1H4. The number of pyridine rings is 2. The quantitative estimate of drug-likeness (QED) is 0.377. The molecule has 3 rings (SSSR count). The van der Waals surface area contributed by atoms with E-state index in [1.165, 1.54) is 12.3 Å². The number of carbonyl (C=O) groups is 1. The van der Waals surface area contributed by atoms with E-state index in [1.807, 2.05) is 0 Å². The van der Waals surface area contributed by atoms with Crippen LogP contribution in [0.5, 0.6) is 5.75 Å². The van der Waals surface area contributed by atoms with Gasteiger partial charge in [0.15, 0.2) is 22.8 Å². The topological polar surface area (TPSA) is 130 Å². The van der Waals surface area contributed by atoms with Crippen LogP contribution in [0.4, 0.5) is 10.6 Å². The number of hydrogen-bond donors (Lipinski definition) is 3. The summed E-state index contributed by atoms with van der Waals surface area (Å²) in [4.78, 5) is 32.2. The fraction of sp³-hybridized carbons (Fsp3) is 0.333. The van der Waals surface area contributed by atoms with Gasteiger partial charge >= 0.3 is 11.8 Å². The van der Waals surface area contributed by atoms with E-state index in [4.69, 9.17) is 9.15 Å². The number of halogens is 2. The Bertz CT molecular complexity index is 1010. The minimum absolute atomic E-state index is 0. The predicted molar refractivity (Wildman–Crippen MR) is 119 cm³/mol. The van der Waals surface area contributed by atoms with Gasteiger partial charge in [-0.2, -0.15) is 0 Å². The summed E-state index contributed by atoms with van der Waals surface area (Å²) in [5.41, 5.74) is 0.345. The summed E-state index contributed by atoms with van der Waals surface area (Å²) in [7, 11) is 0. The Morgan fingerprint density at radius 1 is 1.17 bits per heavy atom. The highest BCUT2D eigenvalue weighted by Crippen LogP contribution is 2.24. The van der Waals surface area contributed by atoms with Gasteiger partial charge in [-0.3, -0.25) is 10.3 Å². The van der Waals surface area contributed by atoms with Crippen LogP contribution in [0.1, 0.15) is 35.6 Å². The summed E-state index contributed by atoms with van der Waals surface area (Å²) in [6.07, 6.45) is 2.40. The molecule has 3 aromatic rings. The molecule has 0 saturated carbocycles. The number of carbonyl (C=O) groups excluding carboxylic acids is 1. The fourth-order valence-corrected chi connectivity index (χ4v) is 2.37. The maximum absolute atomic E-state index is 11.4. The third-order valence-electron chi connectivity index (χ3n) is 2.70. The summed E-state index contributed by atoms with van der Waals surface area (Å²) in [6, 6.07) is 3.11. The monoisotopic (exact) mass is 534 g/mol. The van der Waals surface area contributed by atoms with E-state index in [1.54, 1.807) is 33.0 Å². The van der Waals surface area contributed by atoms with E-state index in [2.05, 4.69) is 52.1 Å². The Kier molecular flexibility index (Phi) is 10.1. The van der Waals surface area contributed by atoms with Gasteiger partial charge in [-0.1, -0.05) is 14.9 Å². The van der Waals surface area contributed by atoms with E-state index in [0.29, 0.717) is 15.7 Å². The first-order valence-electron chi connectivity index (χ1n) is 7.52. The van der Waals surface area contributed by atoms with Crippen molar-refractivity contribution in [1.82, 2.24) is 15.0 Å². The molecule has 3 aromatic heterocycles. The number of rotatable bonds is 1. The van der Waals surface area contributed by atoms with Gasteiger partial charge in [-0.05, 0) is 58.7 Å². The maximum atomic E-state index is 11.4. The molecule has 0 bridgehead atoms. The molecule has 0 fully saturated rings. The minimum Gasteiger partial charge on any atom is -0.504 e. The summed E-state index contributed by atoms with van der Waals surface area (Å²) >= 11 is 6.35. The van der Waals surface area contributed by atoms with Crippen molar-refractivity contribution in [1.29, 1.82) is 0 Å². The first-order chi connectivity index (χ1) is 12.5. The van der Waals surface area contributed by atoms with Crippen LogP contribution in [0.3, 0.4) is 0 Å². The zero-order chi connectivity index (χ0) is 20.2. The Labute approximate surface area is 185 Å². The zero-order valence-electron chi connectivity index (χ0n) is 14.5. The highest BCUT2D eigenvalue weighted by molar-refractivity contribution is 9.10. The lowest BCUT2D eigenvalue weighted by Gasteiger charge is -2.19. The van der Waals surface area contributed by atoms with Crippen molar-refractivity contribution in [3.63, 3.8) is 0 Å². The molecular formula is C18H24Br2N4O5. The van der Waals surface area contributed by atoms with Crippen LogP contribution in [-0.4, -0.2) is 31.8 Å². The largest absolute Gasteiger partial charge is 0.504 e. The van der Waals surface area contributed by atoms with Crippen molar-refractivity contribution in [2.45, 2.75) is 41.2 Å². The molecule has 0 spiro atoms. The van der Waals surface area contributed by atoms with Crippen molar-refractivity contribution in [2.75, 3.05) is 5.32 Å². The molecule has 0 atom stereocenters. The molecular weight excluding hydrogens is 512 g/mol. The van der Waals surface area contributed by atoms with Crippen molar-refractivity contribution in [2.24, 2.45) is 0 Å². The first kappa shape index (κ1) is 26.6. The third kappa shape index (κ3) is 8.65. The first-order valence-corrected chi connectivity index (χ1v) is 9.11. The van der Waals surface area contributed by atoms with Gasteiger partial charge in [0.1, 0.15) is 5.60 Å². The molecule has 0 radical (unpaired) electrons. The van der Waals surface area contributed by atoms with Crippen LogP contribution in [0, 0.1) is 0 Å². The van der Waals surface area contributed by atoms with Gasteiger partial charge in [-0.25, -0.2) is 19.6 Å². The van der Waals surface area contributed by atoms with Crippen LogP contribution < -0.4 is 11.1 Å². The summed E-state index contributed by atoms with van der Waals surface area (Å²) in [5, 5.41) is 11.8. The van der Waals surface area contributed by atoms with Crippen molar-refractivity contribution in [3.8, 4) is 5.75 Å². The predicted octanol–water partition coefficient (Wildman–Crippen LogP) is 5.45. The molecule has 9 nitrogen and oxygen atoms in total. The lowest BCUT2D eigenvalue weighted by atomic mass is 10.2. The summed E-state index contributed by atoms with van der Waals surface area (Å²) < 4.78 is 11.2. The van der Waals surface area contributed by atoms with E-state index in [0.717, 1.165) is 4.47 Å². The number of aromatic nitrogens is 3. The minimum atomic E-state index is -0.655. The fourth-order valence-electron chi connectivity index (χ4n) is 1.74. The molecule has 160 valence electrons. The van der Waals surface area contributed by atoms with E-state index in [9.17, 15) is 14.7 Å². The number of aromatic amines is 1. The molecule has 0 saturated heterocycles. The highest BCUT2D eigenvalue weighted by Gasteiger charge is 2.17. The third-order valence-corrected chi connectivity index (χ3v) is 3.56. The molecule has 0 aromatic carbocycles. The normalized spacial score (nSPS) is 10.1. The van der Waals surface area contributed by atoms with E-state index in [-0.39, 0.29) is 26.4 Å². The average molecular weight is 536 g/mol. The molecule has 1 amide bonds. The van der Waals surface area contributed by atoms with Crippen LogP contribution in [0.15, 0.2) is 42.7 Å². The van der Waals surface area contributed by atoms with Crippen LogP contribution in [0.2, 0.25) is 0 Å². The molecule has 11 heteroatoms. The lowest BCUT2D eigenvalue weighted by Crippen LogP contribution is -2.27. The number of oxazole rings is 1. The van der Waals surface area contributed by atoms with Crippen molar-refractivity contribution in [3.05, 3.63) is 44.0 Å². The zero-order valence-corrected chi connectivity index (χ0v) is 17.7. The number of anilines is 1. The Morgan fingerprint density at radius 3 is 2.34 bits per heavy atom. The Balaban J connectivity index is 0.000000531. The van der Waals surface area contributed by atoms with E-state index < -0.39 is 17.5 Å². The van der Waals surface area contributed by atoms with Gasteiger partial charge in [0, 0.05) is 27.4 Å². The SMILES string of the molecule is C.C.CC(C)(C)OC(=O)Nc1ncc(Br)cc1O.O=c1[nH]c2ncc(Br)cc2o1. The second-order valence-corrected chi connectivity index (χ2v) is 7.99. The van der Waals surface area contributed by atoms with Gasteiger partial charge in [0.2, 0.25) is 0 Å². The second kappa shape index (κ2) is 11.0. The smallest absolute Gasteiger partial charge is 0.418 e. The number of nitrogens with zero attached hydrogens (tertiary/aromatic N) is 2. The van der Waals surface area contributed by atoms with Crippen LogP contribution in [0.25, 0.3) is 11.2 Å². The van der Waals surface area contributed by atoms with Gasteiger partial charge in [0.25, 0.3) is 0 Å². The molecule has 29 heavy (non-hydrogen) atoms. The van der Waals surface area contributed by atoms with Crippen molar-refractivity contribution < 1.29 is 19.1 Å². The number of nitrogens with one attached hydrogen (secondary N) is 2. The van der Waals surface area contributed by atoms with E-state index >= 15 is 0 Å². The second-order valence-electron chi connectivity index (χ2n) is 6.16. The number of ether oxygens (including phenoxy) is 1. The molecule has 0 unspecified atom stereocenters. The molecule has 0 aliphatic rings. The summed E-state index contributed by atoms with van der Waals surface area (Å²) in [5.74, 6) is -0.539. The van der Waals surface area contributed by atoms with Crippen molar-refractivity contribution >= 4 is 55.0 Å². The highest BCUT2D eigenvalue weighted by atomic mass is 79.9. The van der Waals surface area contributed by atoms with Crippen LogP contribution >= 0.6 is 31.9 Å². The maximum Gasteiger partial charge on any atom is 0.418 e. The number of hydrogen-bond acceptors (Lipinski definition) is 7. The molecule has 0 aliphatic heterocycles. The molecule has 3 heterocycles. The van der Waals surface area contributed by atoms with Gasteiger partial charge in [0.05, 0.1) is 0 Å². The van der Waals surface area contributed by atoms with Gasteiger partial charge in [-0.15, -0.1) is 0 Å². The number of H-pyrrole nitrogens is 1.